The second-order valence-corrected chi connectivity index (χ2v) is 5.85. The summed E-state index contributed by atoms with van der Waals surface area (Å²) in [5, 5.41) is 11.8. The lowest BCUT2D eigenvalue weighted by Gasteiger charge is -2.23. The molecule has 0 aliphatic heterocycles. The van der Waals surface area contributed by atoms with Crippen molar-refractivity contribution in [1.29, 1.82) is 0 Å². The van der Waals surface area contributed by atoms with Crippen LogP contribution in [-0.4, -0.2) is 36.2 Å². The van der Waals surface area contributed by atoms with Gasteiger partial charge in [0.25, 0.3) is 0 Å². The van der Waals surface area contributed by atoms with Crippen molar-refractivity contribution in [2.24, 2.45) is 0 Å². The summed E-state index contributed by atoms with van der Waals surface area (Å²) in [4.78, 5) is 11.7. The fraction of sp³-hybridized carbons (Fsp3) is 0.533. The number of aliphatic hydroxyl groups is 1. The number of benzene rings is 1. The van der Waals surface area contributed by atoms with Gasteiger partial charge in [-0.2, -0.15) is 13.2 Å². The van der Waals surface area contributed by atoms with Gasteiger partial charge in [-0.1, -0.05) is 12.1 Å². The van der Waals surface area contributed by atoms with Crippen LogP contribution in [0.15, 0.2) is 24.3 Å². The fourth-order valence-corrected chi connectivity index (χ4v) is 1.65. The van der Waals surface area contributed by atoms with Crippen LogP contribution in [0.4, 0.5) is 18.0 Å². The molecule has 0 bridgehead atoms. The molecule has 0 aliphatic carbocycles. The first-order valence-corrected chi connectivity index (χ1v) is 6.90. The molecular weight excluding hydrogens is 315 g/mol. The summed E-state index contributed by atoms with van der Waals surface area (Å²) in [5.41, 5.74) is -0.169. The molecule has 1 amide bonds. The number of amides is 1. The van der Waals surface area contributed by atoms with E-state index in [1.807, 2.05) is 0 Å². The maximum absolute atomic E-state index is 12.1. The van der Waals surface area contributed by atoms with Gasteiger partial charge < -0.3 is 19.9 Å². The van der Waals surface area contributed by atoms with E-state index in [4.69, 9.17) is 4.74 Å². The van der Waals surface area contributed by atoms with E-state index in [9.17, 15) is 23.1 Å². The number of nitrogens with one attached hydrogen (secondary N) is 1. The Labute approximate surface area is 132 Å². The van der Waals surface area contributed by atoms with Crippen LogP contribution in [0.3, 0.4) is 0 Å². The van der Waals surface area contributed by atoms with Crippen LogP contribution < -0.4 is 10.1 Å². The summed E-state index contributed by atoms with van der Waals surface area (Å²) in [7, 11) is 0. The number of halogens is 3. The van der Waals surface area contributed by atoms with Gasteiger partial charge in [-0.25, -0.2) is 4.79 Å². The molecular formula is C15H20F3NO4. The number of carbonyl (C=O) groups excluding carboxylic acids is 1. The Bertz CT molecular complexity index is 509. The van der Waals surface area contributed by atoms with E-state index in [0.29, 0.717) is 5.56 Å². The number of carbonyl (C=O) groups is 1. The van der Waals surface area contributed by atoms with Gasteiger partial charge in [-0.15, -0.1) is 0 Å². The Kier molecular flexibility index (Phi) is 6.26. The Hall–Kier alpha value is -1.96. The second-order valence-electron chi connectivity index (χ2n) is 5.85. The second kappa shape index (κ2) is 7.54. The number of alkyl carbamates (subject to hydrolysis) is 1. The van der Waals surface area contributed by atoms with Gasteiger partial charge in [-0.3, -0.25) is 0 Å². The van der Waals surface area contributed by atoms with Crippen molar-refractivity contribution in [3.63, 3.8) is 0 Å². The topological polar surface area (TPSA) is 67.8 Å². The molecule has 0 saturated heterocycles. The zero-order valence-electron chi connectivity index (χ0n) is 13.1. The smallest absolute Gasteiger partial charge is 0.422 e. The highest BCUT2D eigenvalue weighted by Crippen LogP contribution is 2.21. The summed E-state index contributed by atoms with van der Waals surface area (Å²) in [6.45, 7) is 3.34. The van der Waals surface area contributed by atoms with Crippen molar-refractivity contribution in [1.82, 2.24) is 5.32 Å². The zero-order valence-corrected chi connectivity index (χ0v) is 13.1. The average Bonchev–Trinajstić information content (AvgIpc) is 2.40. The first-order chi connectivity index (χ1) is 10.5. The molecule has 8 heteroatoms. The monoisotopic (exact) mass is 335 g/mol. The molecule has 0 heterocycles. The van der Waals surface area contributed by atoms with Crippen LogP contribution in [0, 0.1) is 0 Å². The molecule has 5 nitrogen and oxygen atoms in total. The van der Waals surface area contributed by atoms with Crippen LogP contribution in [0.5, 0.6) is 5.75 Å². The van der Waals surface area contributed by atoms with E-state index in [0.717, 1.165) is 0 Å². The van der Waals surface area contributed by atoms with E-state index in [1.165, 1.54) is 24.3 Å². The number of hydrogen-bond acceptors (Lipinski definition) is 4. The molecule has 0 aliphatic rings. The lowest BCUT2D eigenvalue weighted by Crippen LogP contribution is -2.36. The summed E-state index contributed by atoms with van der Waals surface area (Å²) < 4.78 is 45.9. The van der Waals surface area contributed by atoms with Crippen LogP contribution >= 0.6 is 0 Å². The number of rotatable bonds is 5. The van der Waals surface area contributed by atoms with E-state index in [-0.39, 0.29) is 12.4 Å². The minimum atomic E-state index is -4.41. The number of aliphatic hydroxyl groups excluding tert-OH is 1. The number of alkyl halides is 3. The van der Waals surface area contributed by atoms with Gasteiger partial charge in [0.1, 0.15) is 11.4 Å². The average molecular weight is 335 g/mol. The van der Waals surface area contributed by atoms with Crippen molar-refractivity contribution < 1.29 is 32.5 Å². The molecule has 1 rings (SSSR count). The molecule has 0 aromatic heterocycles. The molecule has 23 heavy (non-hydrogen) atoms. The lowest BCUT2D eigenvalue weighted by molar-refractivity contribution is -0.153. The fourth-order valence-electron chi connectivity index (χ4n) is 1.65. The summed E-state index contributed by atoms with van der Waals surface area (Å²) in [6, 6.07) is 4.86. The lowest BCUT2D eigenvalue weighted by atomic mass is 10.1. The molecule has 1 aromatic carbocycles. The maximum atomic E-state index is 12.1. The molecule has 1 atom stereocenters. The first-order valence-electron chi connectivity index (χ1n) is 6.90. The van der Waals surface area contributed by atoms with Crippen molar-refractivity contribution in [2.75, 3.05) is 13.2 Å². The summed E-state index contributed by atoms with van der Waals surface area (Å²) in [5.74, 6) is 0.0417. The van der Waals surface area contributed by atoms with Gasteiger partial charge in [0.05, 0.1) is 12.6 Å². The maximum Gasteiger partial charge on any atom is 0.422 e. The van der Waals surface area contributed by atoms with E-state index in [1.54, 1.807) is 20.8 Å². The van der Waals surface area contributed by atoms with Crippen LogP contribution in [-0.2, 0) is 4.74 Å². The Morgan fingerprint density at radius 2 is 1.78 bits per heavy atom. The molecule has 0 radical (unpaired) electrons. The standard InChI is InChI=1S/C15H20F3NO4/c1-14(2,3)23-13(21)19-12(8-20)10-4-6-11(7-5-10)22-9-15(16,17)18/h4-7,12,20H,8-9H2,1-3H3,(H,19,21). The molecule has 1 aromatic rings. The quantitative estimate of drug-likeness (QED) is 0.867. The molecule has 130 valence electrons. The summed E-state index contributed by atoms with van der Waals surface area (Å²) in [6.07, 6.45) is -5.11. The Morgan fingerprint density at radius 1 is 1.22 bits per heavy atom. The third-order valence-corrected chi connectivity index (χ3v) is 2.56. The van der Waals surface area contributed by atoms with Crippen molar-refractivity contribution in [2.45, 2.75) is 38.6 Å². The van der Waals surface area contributed by atoms with Gasteiger partial charge in [0, 0.05) is 0 Å². The van der Waals surface area contributed by atoms with Crippen LogP contribution in [0.1, 0.15) is 32.4 Å². The third-order valence-electron chi connectivity index (χ3n) is 2.56. The minimum Gasteiger partial charge on any atom is -0.484 e. The van der Waals surface area contributed by atoms with Crippen molar-refractivity contribution >= 4 is 6.09 Å². The molecule has 1 unspecified atom stereocenters. The molecule has 0 fully saturated rings. The third kappa shape index (κ3) is 7.73. The summed E-state index contributed by atoms with van der Waals surface area (Å²) >= 11 is 0. The van der Waals surface area contributed by atoms with Crippen molar-refractivity contribution in [3.8, 4) is 5.75 Å². The van der Waals surface area contributed by atoms with Gasteiger partial charge in [-0.05, 0) is 38.5 Å². The predicted octanol–water partition coefficient (Wildman–Crippen LogP) is 3.19. The molecule has 0 saturated carbocycles. The SMILES string of the molecule is CC(C)(C)OC(=O)NC(CO)c1ccc(OCC(F)(F)F)cc1. The number of ether oxygens (including phenoxy) is 2. The van der Waals surface area contributed by atoms with Crippen molar-refractivity contribution in [3.05, 3.63) is 29.8 Å². The normalized spacial score (nSPS) is 13.3. The minimum absolute atomic E-state index is 0.0417. The first kappa shape index (κ1) is 19.1. The van der Waals surface area contributed by atoms with Gasteiger partial charge in [0.15, 0.2) is 6.61 Å². The largest absolute Gasteiger partial charge is 0.484 e. The van der Waals surface area contributed by atoms with Gasteiger partial charge in [0.2, 0.25) is 0 Å². The van der Waals surface area contributed by atoms with Crippen LogP contribution in [0.2, 0.25) is 0 Å². The van der Waals surface area contributed by atoms with Gasteiger partial charge >= 0.3 is 12.3 Å². The number of hydrogen-bond donors (Lipinski definition) is 2. The Morgan fingerprint density at radius 3 is 2.22 bits per heavy atom. The van der Waals surface area contributed by atoms with E-state index < -0.39 is 30.5 Å². The van der Waals surface area contributed by atoms with Crippen LogP contribution in [0.25, 0.3) is 0 Å². The highest BCUT2D eigenvalue weighted by molar-refractivity contribution is 5.68. The molecule has 2 N–H and O–H groups in total. The zero-order chi connectivity index (χ0) is 17.7. The highest BCUT2D eigenvalue weighted by Gasteiger charge is 2.28. The van der Waals surface area contributed by atoms with E-state index in [2.05, 4.69) is 10.1 Å². The highest BCUT2D eigenvalue weighted by atomic mass is 19.4. The molecule has 0 spiro atoms. The Balaban J connectivity index is 2.66. The predicted molar refractivity (Wildman–Crippen MR) is 77.2 cm³/mol. The van der Waals surface area contributed by atoms with E-state index >= 15 is 0 Å².